The number of nitrogens with zero attached hydrogens (tertiary/aromatic N) is 3. The fraction of sp³-hybridized carbons (Fsp3) is 0.720. The zero-order valence-electron chi connectivity index (χ0n) is 22.0. The molecule has 37 heavy (non-hydrogen) atoms. The zero-order valence-corrected chi connectivity index (χ0v) is 22.0. The number of anilines is 1. The van der Waals surface area contributed by atoms with Crippen molar-refractivity contribution in [2.75, 3.05) is 25.6 Å². The molecule has 1 atom stereocenters. The monoisotopic (exact) mass is 532 g/mol. The average molecular weight is 533 g/mol. The van der Waals surface area contributed by atoms with E-state index in [1.807, 2.05) is 0 Å². The SMILES string of the molecule is COc1nc(N(C)C2CCC(C(F)(F)F)CC2)c(F)cc1CNC(=O)C1CCCN1C(=O)OC(C)(C)C. The lowest BCUT2D eigenvalue weighted by Gasteiger charge is -2.36. The molecule has 2 heterocycles. The maximum absolute atomic E-state index is 15.1. The molecule has 1 N–H and O–H groups in total. The van der Waals surface area contributed by atoms with E-state index in [-0.39, 0.29) is 50.0 Å². The number of alkyl halides is 3. The Morgan fingerprint density at radius 1 is 1.16 bits per heavy atom. The van der Waals surface area contributed by atoms with E-state index in [0.29, 0.717) is 24.9 Å². The number of likely N-dealkylation sites (tertiary alicyclic amines) is 1. The molecule has 0 bridgehead atoms. The number of methoxy groups -OCH3 is 1. The van der Waals surface area contributed by atoms with Gasteiger partial charge in [-0.15, -0.1) is 0 Å². The second-order valence-electron chi connectivity index (χ2n) is 10.7. The van der Waals surface area contributed by atoms with Crippen molar-refractivity contribution in [2.24, 2.45) is 5.92 Å². The van der Waals surface area contributed by atoms with Gasteiger partial charge >= 0.3 is 12.3 Å². The predicted octanol–water partition coefficient (Wildman–Crippen LogP) is 4.80. The van der Waals surface area contributed by atoms with Crippen molar-refractivity contribution < 1.29 is 36.6 Å². The molecule has 1 unspecified atom stereocenters. The number of halogens is 4. The third kappa shape index (κ3) is 7.16. The van der Waals surface area contributed by atoms with Crippen molar-refractivity contribution in [3.8, 4) is 5.88 Å². The molecule has 1 aliphatic carbocycles. The molecule has 2 amide bonds. The van der Waals surface area contributed by atoms with Crippen LogP contribution in [0, 0.1) is 11.7 Å². The summed E-state index contributed by atoms with van der Waals surface area (Å²) in [6, 6.07) is 0.229. The van der Waals surface area contributed by atoms with Crippen LogP contribution in [0.15, 0.2) is 6.07 Å². The first-order valence-corrected chi connectivity index (χ1v) is 12.5. The number of pyridine rings is 1. The molecule has 3 rings (SSSR count). The lowest BCUT2D eigenvalue weighted by molar-refractivity contribution is -0.182. The minimum absolute atomic E-state index is 0.0111. The second kappa shape index (κ2) is 11.3. The van der Waals surface area contributed by atoms with Crippen molar-refractivity contribution in [1.29, 1.82) is 0 Å². The first kappa shape index (κ1) is 28.8. The quantitative estimate of drug-likeness (QED) is 0.530. The summed E-state index contributed by atoms with van der Waals surface area (Å²) in [6.45, 7) is 5.57. The molecule has 1 aliphatic heterocycles. The average Bonchev–Trinajstić information content (AvgIpc) is 3.31. The van der Waals surface area contributed by atoms with E-state index in [0.717, 1.165) is 0 Å². The molecule has 12 heteroatoms. The highest BCUT2D eigenvalue weighted by Gasteiger charge is 2.42. The Labute approximate surface area is 214 Å². The van der Waals surface area contributed by atoms with Gasteiger partial charge in [0.25, 0.3) is 0 Å². The molecule has 1 aromatic heterocycles. The maximum Gasteiger partial charge on any atom is 0.410 e. The highest BCUT2D eigenvalue weighted by molar-refractivity contribution is 5.86. The summed E-state index contributed by atoms with van der Waals surface area (Å²) in [6.07, 6.45) is -3.12. The van der Waals surface area contributed by atoms with E-state index in [4.69, 9.17) is 9.47 Å². The summed E-state index contributed by atoms with van der Waals surface area (Å²) in [7, 11) is 2.97. The van der Waals surface area contributed by atoms with Gasteiger partial charge in [-0.2, -0.15) is 18.2 Å². The molecular weight excluding hydrogens is 496 g/mol. The van der Waals surface area contributed by atoms with Gasteiger partial charge in [0, 0.05) is 31.7 Å². The predicted molar refractivity (Wildman–Crippen MR) is 129 cm³/mol. The van der Waals surface area contributed by atoms with E-state index >= 15 is 4.39 Å². The number of hydrogen-bond donors (Lipinski definition) is 1. The minimum atomic E-state index is -4.22. The van der Waals surface area contributed by atoms with Crippen molar-refractivity contribution in [1.82, 2.24) is 15.2 Å². The first-order valence-electron chi connectivity index (χ1n) is 12.5. The first-order chi connectivity index (χ1) is 17.2. The Balaban J connectivity index is 1.65. The molecule has 8 nitrogen and oxygen atoms in total. The van der Waals surface area contributed by atoms with Crippen LogP contribution in [0.3, 0.4) is 0 Å². The normalized spacial score (nSPS) is 22.5. The molecule has 2 aliphatic rings. The molecule has 0 spiro atoms. The van der Waals surface area contributed by atoms with Gasteiger partial charge in [-0.05, 0) is 65.4 Å². The molecule has 0 aromatic carbocycles. The fourth-order valence-electron chi connectivity index (χ4n) is 4.89. The van der Waals surface area contributed by atoms with Gasteiger partial charge in [-0.3, -0.25) is 9.69 Å². The summed E-state index contributed by atoms with van der Waals surface area (Å²) in [5.41, 5.74) is -0.391. The summed E-state index contributed by atoms with van der Waals surface area (Å²) in [5, 5.41) is 2.73. The van der Waals surface area contributed by atoms with E-state index < -0.39 is 41.6 Å². The number of hydrogen-bond acceptors (Lipinski definition) is 6. The lowest BCUT2D eigenvalue weighted by Crippen LogP contribution is -2.47. The van der Waals surface area contributed by atoms with Gasteiger partial charge in [0.1, 0.15) is 11.6 Å². The van der Waals surface area contributed by atoms with E-state index in [2.05, 4.69) is 10.3 Å². The molecule has 208 valence electrons. The highest BCUT2D eigenvalue weighted by Crippen LogP contribution is 2.39. The Bertz CT molecular complexity index is 975. The van der Waals surface area contributed by atoms with Gasteiger partial charge in [0.15, 0.2) is 11.6 Å². The maximum atomic E-state index is 15.1. The van der Waals surface area contributed by atoms with Gasteiger partial charge in [-0.1, -0.05) is 0 Å². The smallest absolute Gasteiger partial charge is 0.410 e. The fourth-order valence-corrected chi connectivity index (χ4v) is 4.89. The third-order valence-electron chi connectivity index (χ3n) is 6.87. The third-order valence-corrected chi connectivity index (χ3v) is 6.87. The molecular formula is C25H36F4N4O4. The molecule has 2 fully saturated rings. The van der Waals surface area contributed by atoms with Crippen LogP contribution in [0.1, 0.15) is 64.9 Å². The Kier molecular flexibility index (Phi) is 8.79. The van der Waals surface area contributed by atoms with Crippen LogP contribution in [-0.4, -0.2) is 66.4 Å². The molecule has 1 saturated heterocycles. The number of ether oxygens (including phenoxy) is 2. The van der Waals surface area contributed by atoms with Gasteiger partial charge in [-0.25, -0.2) is 9.18 Å². The molecule has 1 aromatic rings. The second-order valence-corrected chi connectivity index (χ2v) is 10.7. The Morgan fingerprint density at radius 2 is 1.81 bits per heavy atom. The summed E-state index contributed by atoms with van der Waals surface area (Å²) >= 11 is 0. The number of carbonyl (C=O) groups is 2. The van der Waals surface area contributed by atoms with E-state index in [1.165, 1.54) is 18.1 Å². The summed E-state index contributed by atoms with van der Waals surface area (Å²) in [4.78, 5) is 32.6. The highest BCUT2D eigenvalue weighted by atomic mass is 19.4. The van der Waals surface area contributed by atoms with Gasteiger partial charge < -0.3 is 19.7 Å². The van der Waals surface area contributed by atoms with E-state index in [1.54, 1.807) is 32.7 Å². The molecule has 0 radical (unpaired) electrons. The minimum Gasteiger partial charge on any atom is -0.481 e. The zero-order chi connectivity index (χ0) is 27.5. The molecule has 1 saturated carbocycles. The van der Waals surface area contributed by atoms with Crippen LogP contribution in [0.4, 0.5) is 28.2 Å². The standard InChI is InChI=1S/C25H36F4N4O4/c1-24(2,3)37-23(35)33-12-6-7-19(33)21(34)30-14-15-13-18(26)20(31-22(15)36-5)32(4)17-10-8-16(9-11-17)25(27,28)29/h13,16-17,19H,6-12,14H2,1-5H3,(H,30,34). The van der Waals surface area contributed by atoms with E-state index in [9.17, 15) is 22.8 Å². The summed E-state index contributed by atoms with van der Waals surface area (Å²) in [5.74, 6) is -2.31. The number of nitrogens with one attached hydrogen (secondary N) is 1. The largest absolute Gasteiger partial charge is 0.481 e. The van der Waals surface area contributed by atoms with Crippen molar-refractivity contribution >= 4 is 17.8 Å². The van der Waals surface area contributed by atoms with Crippen LogP contribution >= 0.6 is 0 Å². The number of aromatic nitrogens is 1. The van der Waals surface area contributed by atoms with Crippen molar-refractivity contribution in [3.05, 3.63) is 17.4 Å². The number of amides is 2. The van der Waals surface area contributed by atoms with Crippen LogP contribution in [0.25, 0.3) is 0 Å². The van der Waals surface area contributed by atoms with Crippen LogP contribution in [-0.2, 0) is 16.1 Å². The van der Waals surface area contributed by atoms with Crippen molar-refractivity contribution in [2.45, 2.75) is 89.7 Å². The topological polar surface area (TPSA) is 84.0 Å². The lowest BCUT2D eigenvalue weighted by atomic mass is 9.85. The number of rotatable bonds is 6. The van der Waals surface area contributed by atoms with Gasteiger partial charge in [0.2, 0.25) is 11.8 Å². The van der Waals surface area contributed by atoms with Crippen LogP contribution < -0.4 is 15.0 Å². The summed E-state index contributed by atoms with van der Waals surface area (Å²) < 4.78 is 64.8. The van der Waals surface area contributed by atoms with Crippen LogP contribution in [0.5, 0.6) is 5.88 Å². The van der Waals surface area contributed by atoms with Crippen LogP contribution in [0.2, 0.25) is 0 Å². The number of carbonyl (C=O) groups excluding carboxylic acids is 2. The van der Waals surface area contributed by atoms with Gasteiger partial charge in [0.05, 0.1) is 13.0 Å². The Hall–Kier alpha value is -2.79. The van der Waals surface area contributed by atoms with Crippen molar-refractivity contribution in [3.63, 3.8) is 0 Å². The Morgan fingerprint density at radius 3 is 2.38 bits per heavy atom.